The van der Waals surface area contributed by atoms with Crippen LogP contribution < -0.4 is 15.8 Å². The molecule has 3 N–H and O–H groups in total. The predicted octanol–water partition coefficient (Wildman–Crippen LogP) is 2.79. The molecule has 0 saturated heterocycles. The molecule has 0 saturated carbocycles. The van der Waals surface area contributed by atoms with Gasteiger partial charge < -0.3 is 15.8 Å². The highest BCUT2D eigenvalue weighted by molar-refractivity contribution is 5.73. The van der Waals surface area contributed by atoms with Gasteiger partial charge in [-0.1, -0.05) is 32.4 Å². The maximum absolute atomic E-state index is 10.7. The summed E-state index contributed by atoms with van der Waals surface area (Å²) in [4.78, 5) is 10.7. The number of benzene rings is 1. The summed E-state index contributed by atoms with van der Waals surface area (Å²) in [5, 5.41) is 3.39. The first-order valence-electron chi connectivity index (χ1n) is 6.87. The van der Waals surface area contributed by atoms with Gasteiger partial charge in [0.15, 0.2) is 0 Å². The number of carbonyl (C=O) groups is 1. The third-order valence-corrected chi connectivity index (χ3v) is 2.92. The third kappa shape index (κ3) is 6.13. The van der Waals surface area contributed by atoms with Gasteiger partial charge in [-0.25, -0.2) is 0 Å². The number of para-hydroxylation sites is 2. The number of anilines is 1. The maximum Gasteiger partial charge on any atom is 0.220 e. The molecule has 0 aliphatic rings. The number of primary amides is 1. The molecule has 1 unspecified atom stereocenters. The molecule has 19 heavy (non-hydrogen) atoms. The van der Waals surface area contributed by atoms with E-state index in [-0.39, 0.29) is 12.3 Å². The Balaban J connectivity index is 2.50. The van der Waals surface area contributed by atoms with Crippen LogP contribution in [0.3, 0.4) is 0 Å². The average molecular weight is 264 g/mol. The van der Waals surface area contributed by atoms with Crippen molar-refractivity contribution < 1.29 is 9.53 Å². The summed E-state index contributed by atoms with van der Waals surface area (Å²) in [6.45, 7) is 5.66. The Hall–Kier alpha value is -1.71. The highest BCUT2D eigenvalue weighted by Crippen LogP contribution is 2.24. The largest absolute Gasteiger partial charge is 0.491 e. The molecule has 106 valence electrons. The van der Waals surface area contributed by atoms with E-state index in [4.69, 9.17) is 10.5 Å². The molecule has 1 atom stereocenters. The zero-order valence-corrected chi connectivity index (χ0v) is 11.8. The first kappa shape index (κ1) is 15.3. The van der Waals surface area contributed by atoms with E-state index >= 15 is 0 Å². The number of carbonyl (C=O) groups excluding carboxylic acids is 1. The second kappa shape index (κ2) is 8.40. The van der Waals surface area contributed by atoms with Crippen LogP contribution in [0.1, 0.15) is 33.1 Å². The zero-order chi connectivity index (χ0) is 14.1. The van der Waals surface area contributed by atoms with Crippen molar-refractivity contribution in [1.29, 1.82) is 0 Å². The van der Waals surface area contributed by atoms with Crippen molar-refractivity contribution in [3.8, 4) is 5.75 Å². The summed E-state index contributed by atoms with van der Waals surface area (Å²) in [6.07, 6.45) is 2.64. The number of hydrogen-bond acceptors (Lipinski definition) is 3. The van der Waals surface area contributed by atoms with Gasteiger partial charge in [0.1, 0.15) is 5.75 Å². The summed E-state index contributed by atoms with van der Waals surface area (Å²) < 4.78 is 5.58. The molecule has 0 fully saturated rings. The van der Waals surface area contributed by atoms with Gasteiger partial charge >= 0.3 is 0 Å². The molecular formula is C15H24N2O2. The van der Waals surface area contributed by atoms with E-state index in [1.54, 1.807) is 0 Å². The Bertz CT molecular complexity index is 393. The van der Waals surface area contributed by atoms with Crippen LogP contribution in [-0.4, -0.2) is 19.1 Å². The first-order chi connectivity index (χ1) is 9.13. The van der Waals surface area contributed by atoms with E-state index in [0.717, 1.165) is 18.0 Å². The Morgan fingerprint density at radius 3 is 2.84 bits per heavy atom. The molecule has 0 radical (unpaired) electrons. The lowest BCUT2D eigenvalue weighted by molar-refractivity contribution is -0.118. The van der Waals surface area contributed by atoms with Crippen LogP contribution >= 0.6 is 0 Å². The fourth-order valence-electron chi connectivity index (χ4n) is 1.88. The molecule has 0 aromatic heterocycles. The van der Waals surface area contributed by atoms with Crippen LogP contribution in [0.5, 0.6) is 5.75 Å². The van der Waals surface area contributed by atoms with E-state index < -0.39 is 0 Å². The Labute approximate surface area is 115 Å². The zero-order valence-electron chi connectivity index (χ0n) is 11.8. The van der Waals surface area contributed by atoms with Gasteiger partial charge in [-0.3, -0.25) is 4.79 Å². The monoisotopic (exact) mass is 264 g/mol. The van der Waals surface area contributed by atoms with Gasteiger partial charge in [0.25, 0.3) is 0 Å². The number of nitrogens with two attached hydrogens (primary N) is 1. The summed E-state index contributed by atoms with van der Waals surface area (Å²) in [6, 6.07) is 7.76. The molecule has 0 bridgehead atoms. The molecule has 0 heterocycles. The minimum absolute atomic E-state index is 0.237. The number of rotatable bonds is 9. The average Bonchev–Trinajstić information content (AvgIpc) is 2.37. The lowest BCUT2D eigenvalue weighted by Gasteiger charge is -2.16. The van der Waals surface area contributed by atoms with Gasteiger partial charge in [0.2, 0.25) is 5.91 Å². The fraction of sp³-hybridized carbons (Fsp3) is 0.533. The standard InChI is InChI=1S/C15H24N2O2/c1-3-6-12(2)11-17-13-7-4-5-8-14(13)19-10-9-15(16)18/h4-5,7-8,12,17H,3,6,9-11H2,1-2H3,(H2,16,18). The quantitative estimate of drug-likeness (QED) is 0.721. The topological polar surface area (TPSA) is 64.3 Å². The summed E-state index contributed by atoms with van der Waals surface area (Å²) >= 11 is 0. The second-order valence-corrected chi connectivity index (χ2v) is 4.84. The molecule has 1 aromatic rings. The van der Waals surface area contributed by atoms with Crippen LogP contribution in [-0.2, 0) is 4.79 Å². The predicted molar refractivity (Wildman–Crippen MR) is 78.3 cm³/mol. The molecule has 1 aromatic carbocycles. The van der Waals surface area contributed by atoms with Crippen molar-refractivity contribution >= 4 is 11.6 Å². The van der Waals surface area contributed by atoms with Crippen LogP contribution in [0.15, 0.2) is 24.3 Å². The molecule has 0 spiro atoms. The minimum atomic E-state index is -0.345. The van der Waals surface area contributed by atoms with E-state index in [0.29, 0.717) is 12.5 Å². The number of amides is 1. The second-order valence-electron chi connectivity index (χ2n) is 4.84. The van der Waals surface area contributed by atoms with Crippen LogP contribution in [0.4, 0.5) is 5.69 Å². The minimum Gasteiger partial charge on any atom is -0.491 e. The molecular weight excluding hydrogens is 240 g/mol. The van der Waals surface area contributed by atoms with Gasteiger partial charge in [-0.2, -0.15) is 0 Å². The molecule has 0 aliphatic carbocycles. The normalized spacial score (nSPS) is 11.9. The van der Waals surface area contributed by atoms with E-state index in [2.05, 4.69) is 19.2 Å². The highest BCUT2D eigenvalue weighted by atomic mass is 16.5. The van der Waals surface area contributed by atoms with E-state index in [1.807, 2.05) is 24.3 Å². The number of hydrogen-bond donors (Lipinski definition) is 2. The summed E-state index contributed by atoms with van der Waals surface area (Å²) in [5.74, 6) is 1.05. The van der Waals surface area contributed by atoms with Crippen molar-refractivity contribution in [3.05, 3.63) is 24.3 Å². The van der Waals surface area contributed by atoms with Crippen molar-refractivity contribution in [2.75, 3.05) is 18.5 Å². The molecule has 1 amide bonds. The first-order valence-corrected chi connectivity index (χ1v) is 6.87. The van der Waals surface area contributed by atoms with Gasteiger partial charge in [0, 0.05) is 6.54 Å². The SMILES string of the molecule is CCCC(C)CNc1ccccc1OCCC(N)=O. The third-order valence-electron chi connectivity index (χ3n) is 2.92. The highest BCUT2D eigenvalue weighted by Gasteiger charge is 2.05. The Kier molecular flexibility index (Phi) is 6.79. The van der Waals surface area contributed by atoms with Crippen LogP contribution in [0.25, 0.3) is 0 Å². The Morgan fingerprint density at radius 1 is 1.42 bits per heavy atom. The van der Waals surface area contributed by atoms with Crippen molar-refractivity contribution in [3.63, 3.8) is 0 Å². The van der Waals surface area contributed by atoms with E-state index in [1.165, 1.54) is 12.8 Å². The molecule has 0 aliphatic heterocycles. The lowest BCUT2D eigenvalue weighted by atomic mass is 10.1. The van der Waals surface area contributed by atoms with E-state index in [9.17, 15) is 4.79 Å². The van der Waals surface area contributed by atoms with Crippen LogP contribution in [0.2, 0.25) is 0 Å². The number of nitrogens with one attached hydrogen (secondary N) is 1. The lowest BCUT2D eigenvalue weighted by Crippen LogP contribution is -2.15. The maximum atomic E-state index is 10.7. The smallest absolute Gasteiger partial charge is 0.220 e. The van der Waals surface area contributed by atoms with Gasteiger partial charge in [0.05, 0.1) is 18.7 Å². The van der Waals surface area contributed by atoms with Crippen molar-refractivity contribution in [1.82, 2.24) is 0 Å². The molecule has 4 nitrogen and oxygen atoms in total. The van der Waals surface area contributed by atoms with Crippen LogP contribution in [0, 0.1) is 5.92 Å². The number of ether oxygens (including phenoxy) is 1. The summed E-state index contributed by atoms with van der Waals surface area (Å²) in [5.41, 5.74) is 6.06. The van der Waals surface area contributed by atoms with Crippen molar-refractivity contribution in [2.45, 2.75) is 33.1 Å². The van der Waals surface area contributed by atoms with Crippen molar-refractivity contribution in [2.24, 2.45) is 11.7 Å². The molecule has 1 rings (SSSR count). The van der Waals surface area contributed by atoms with Gasteiger partial charge in [-0.05, 0) is 24.5 Å². The Morgan fingerprint density at radius 2 is 2.16 bits per heavy atom. The fourth-order valence-corrected chi connectivity index (χ4v) is 1.88. The molecule has 4 heteroatoms. The van der Waals surface area contributed by atoms with Gasteiger partial charge in [-0.15, -0.1) is 0 Å². The summed E-state index contributed by atoms with van der Waals surface area (Å²) in [7, 11) is 0.